The van der Waals surface area contributed by atoms with Gasteiger partial charge in [0.15, 0.2) is 0 Å². The molecule has 0 aliphatic rings. The second kappa shape index (κ2) is 5.01. The van der Waals surface area contributed by atoms with Crippen LogP contribution >= 0.6 is 15.9 Å². The molecule has 0 aliphatic carbocycles. The molecule has 100 valence electrons. The summed E-state index contributed by atoms with van der Waals surface area (Å²) in [5, 5.41) is 0.337. The van der Waals surface area contributed by atoms with E-state index in [0.29, 0.717) is 26.8 Å². The molecular weight excluding hydrogens is 326 g/mol. The third kappa shape index (κ3) is 2.16. The molecule has 0 radical (unpaired) electrons. The van der Waals surface area contributed by atoms with E-state index in [1.165, 1.54) is 25.7 Å². The SMILES string of the molecule is COc1cc(Br)cc2c(=O)oc(-c3cnccn3)nc12. The Morgan fingerprint density at radius 1 is 1.30 bits per heavy atom. The zero-order valence-corrected chi connectivity index (χ0v) is 11.9. The van der Waals surface area contributed by atoms with Crippen molar-refractivity contribution in [2.75, 3.05) is 7.11 Å². The van der Waals surface area contributed by atoms with Gasteiger partial charge in [0.2, 0.25) is 0 Å². The minimum absolute atomic E-state index is 0.108. The summed E-state index contributed by atoms with van der Waals surface area (Å²) < 4.78 is 11.1. The van der Waals surface area contributed by atoms with E-state index in [4.69, 9.17) is 9.15 Å². The quantitative estimate of drug-likeness (QED) is 0.716. The molecule has 0 fully saturated rings. The molecule has 0 spiro atoms. The molecule has 0 atom stereocenters. The van der Waals surface area contributed by atoms with E-state index in [-0.39, 0.29) is 5.89 Å². The van der Waals surface area contributed by atoms with Crippen LogP contribution in [-0.2, 0) is 0 Å². The van der Waals surface area contributed by atoms with Crippen LogP contribution in [0.4, 0.5) is 0 Å². The monoisotopic (exact) mass is 333 g/mol. The lowest BCUT2D eigenvalue weighted by molar-refractivity contribution is 0.417. The lowest BCUT2D eigenvalue weighted by Crippen LogP contribution is -2.05. The topological polar surface area (TPSA) is 78.1 Å². The zero-order chi connectivity index (χ0) is 14.1. The minimum atomic E-state index is -0.504. The Bertz CT molecular complexity index is 833. The van der Waals surface area contributed by atoms with Crippen molar-refractivity contribution in [1.29, 1.82) is 0 Å². The van der Waals surface area contributed by atoms with Crippen molar-refractivity contribution >= 4 is 26.8 Å². The van der Waals surface area contributed by atoms with E-state index in [2.05, 4.69) is 30.9 Å². The highest BCUT2D eigenvalue weighted by atomic mass is 79.9. The van der Waals surface area contributed by atoms with Crippen molar-refractivity contribution in [1.82, 2.24) is 15.0 Å². The van der Waals surface area contributed by atoms with Crippen molar-refractivity contribution in [3.8, 4) is 17.3 Å². The number of halogens is 1. The van der Waals surface area contributed by atoms with Gasteiger partial charge in [0.05, 0.1) is 18.7 Å². The van der Waals surface area contributed by atoms with E-state index in [1.54, 1.807) is 12.1 Å². The number of hydrogen-bond acceptors (Lipinski definition) is 6. The predicted molar refractivity (Wildman–Crippen MR) is 75.6 cm³/mol. The lowest BCUT2D eigenvalue weighted by atomic mass is 10.2. The van der Waals surface area contributed by atoms with Gasteiger partial charge in [0.1, 0.15) is 17.0 Å². The highest BCUT2D eigenvalue weighted by Gasteiger charge is 2.14. The summed E-state index contributed by atoms with van der Waals surface area (Å²) in [5.41, 5.74) is 0.305. The molecule has 1 aromatic carbocycles. The van der Waals surface area contributed by atoms with Crippen LogP contribution in [-0.4, -0.2) is 22.1 Å². The predicted octanol–water partition coefficient (Wildman–Crippen LogP) is 2.42. The number of methoxy groups -OCH3 is 1. The largest absolute Gasteiger partial charge is 0.494 e. The molecule has 6 nitrogen and oxygen atoms in total. The fraction of sp³-hybridized carbons (Fsp3) is 0.0769. The van der Waals surface area contributed by atoms with E-state index < -0.39 is 5.63 Å². The Hall–Kier alpha value is -2.28. The summed E-state index contributed by atoms with van der Waals surface area (Å²) in [6.45, 7) is 0. The van der Waals surface area contributed by atoms with Gasteiger partial charge in [-0.1, -0.05) is 15.9 Å². The Morgan fingerprint density at radius 2 is 2.15 bits per heavy atom. The number of ether oxygens (including phenoxy) is 1. The van der Waals surface area contributed by atoms with Gasteiger partial charge in [-0.25, -0.2) is 14.8 Å². The highest BCUT2D eigenvalue weighted by molar-refractivity contribution is 9.10. The third-order valence-electron chi connectivity index (χ3n) is 2.66. The Kier molecular flexibility index (Phi) is 3.19. The summed E-state index contributed by atoms with van der Waals surface area (Å²) in [4.78, 5) is 24.4. The second-order valence-electron chi connectivity index (χ2n) is 3.90. The van der Waals surface area contributed by atoms with E-state index in [1.807, 2.05) is 0 Å². The van der Waals surface area contributed by atoms with Crippen LogP contribution in [0.2, 0.25) is 0 Å². The van der Waals surface area contributed by atoms with Gasteiger partial charge in [-0.2, -0.15) is 0 Å². The van der Waals surface area contributed by atoms with Crippen molar-refractivity contribution in [3.63, 3.8) is 0 Å². The standard InChI is InChI=1S/C13H8BrN3O3/c1-19-10-5-7(14)4-8-11(10)17-12(20-13(8)18)9-6-15-2-3-16-9/h2-6H,1H3. The number of nitrogens with zero attached hydrogens (tertiary/aromatic N) is 3. The van der Waals surface area contributed by atoms with Crippen LogP contribution in [0.5, 0.6) is 5.75 Å². The molecule has 0 amide bonds. The summed E-state index contributed by atoms with van der Waals surface area (Å²) in [7, 11) is 1.51. The first kappa shape index (κ1) is 12.7. The first-order valence-corrected chi connectivity index (χ1v) is 6.43. The lowest BCUT2D eigenvalue weighted by Gasteiger charge is -2.06. The molecule has 0 aliphatic heterocycles. The molecule has 2 heterocycles. The number of rotatable bonds is 2. The van der Waals surface area contributed by atoms with Crippen LogP contribution in [0.25, 0.3) is 22.5 Å². The van der Waals surface area contributed by atoms with Crippen LogP contribution in [0.15, 0.2) is 44.4 Å². The summed E-state index contributed by atoms with van der Waals surface area (Å²) >= 11 is 3.31. The van der Waals surface area contributed by atoms with Gasteiger partial charge in [-0.15, -0.1) is 0 Å². The molecule has 3 aromatic rings. The van der Waals surface area contributed by atoms with E-state index in [0.717, 1.165) is 0 Å². The first-order chi connectivity index (χ1) is 9.69. The molecule has 0 unspecified atom stereocenters. The van der Waals surface area contributed by atoms with Gasteiger partial charge in [-0.3, -0.25) is 4.98 Å². The number of hydrogen-bond donors (Lipinski definition) is 0. The zero-order valence-electron chi connectivity index (χ0n) is 10.3. The average molecular weight is 334 g/mol. The normalized spacial score (nSPS) is 10.7. The van der Waals surface area contributed by atoms with Crippen LogP contribution < -0.4 is 10.4 Å². The van der Waals surface area contributed by atoms with Gasteiger partial charge >= 0.3 is 5.63 Å². The van der Waals surface area contributed by atoms with Gasteiger partial charge in [0, 0.05) is 16.9 Å². The molecule has 0 bridgehead atoms. The molecular formula is C13H8BrN3O3. The fourth-order valence-corrected chi connectivity index (χ4v) is 2.22. The molecule has 7 heteroatoms. The second-order valence-corrected chi connectivity index (χ2v) is 4.82. The third-order valence-corrected chi connectivity index (χ3v) is 3.12. The summed E-state index contributed by atoms with van der Waals surface area (Å²) in [5.74, 6) is 0.587. The van der Waals surface area contributed by atoms with Crippen LogP contribution in [0.1, 0.15) is 0 Å². The highest BCUT2D eigenvalue weighted by Crippen LogP contribution is 2.28. The number of fused-ring (bicyclic) bond motifs is 1. The van der Waals surface area contributed by atoms with E-state index >= 15 is 0 Å². The molecule has 0 N–H and O–H groups in total. The summed E-state index contributed by atoms with van der Waals surface area (Å²) in [6.07, 6.45) is 4.50. The van der Waals surface area contributed by atoms with Crippen molar-refractivity contribution in [3.05, 3.63) is 45.6 Å². The van der Waals surface area contributed by atoms with Gasteiger partial charge in [0.25, 0.3) is 5.89 Å². The Balaban J connectivity index is 2.34. The van der Waals surface area contributed by atoms with Crippen molar-refractivity contribution in [2.24, 2.45) is 0 Å². The van der Waals surface area contributed by atoms with Gasteiger partial charge < -0.3 is 9.15 Å². The average Bonchev–Trinajstić information content (AvgIpc) is 2.48. The van der Waals surface area contributed by atoms with Crippen molar-refractivity contribution in [2.45, 2.75) is 0 Å². The van der Waals surface area contributed by atoms with Crippen LogP contribution in [0.3, 0.4) is 0 Å². The van der Waals surface area contributed by atoms with Crippen LogP contribution in [0, 0.1) is 0 Å². The smallest absolute Gasteiger partial charge is 0.347 e. The number of benzene rings is 1. The Morgan fingerprint density at radius 3 is 2.85 bits per heavy atom. The molecule has 0 saturated heterocycles. The fourth-order valence-electron chi connectivity index (χ4n) is 1.79. The van der Waals surface area contributed by atoms with Gasteiger partial charge in [-0.05, 0) is 12.1 Å². The maximum absolute atomic E-state index is 12.1. The maximum Gasteiger partial charge on any atom is 0.347 e. The summed E-state index contributed by atoms with van der Waals surface area (Å²) in [6, 6.07) is 3.37. The molecule has 3 rings (SSSR count). The Labute approximate surface area is 121 Å². The first-order valence-electron chi connectivity index (χ1n) is 5.64. The minimum Gasteiger partial charge on any atom is -0.494 e. The maximum atomic E-state index is 12.1. The van der Waals surface area contributed by atoms with E-state index in [9.17, 15) is 4.79 Å². The molecule has 20 heavy (non-hydrogen) atoms. The van der Waals surface area contributed by atoms with Crippen molar-refractivity contribution < 1.29 is 9.15 Å². The number of aromatic nitrogens is 3. The molecule has 2 aromatic heterocycles. The molecule has 0 saturated carbocycles.